The third kappa shape index (κ3) is 3.81. The Kier molecular flexibility index (Phi) is 3.91. The van der Waals surface area contributed by atoms with Gasteiger partial charge in [0.05, 0.1) is 11.4 Å². The first-order valence-electron chi connectivity index (χ1n) is 4.34. The Hall–Kier alpha value is -1.10. The van der Waals surface area contributed by atoms with E-state index in [9.17, 15) is 22.4 Å². The fourth-order valence-electron chi connectivity index (χ4n) is 1.10. The van der Waals surface area contributed by atoms with Gasteiger partial charge >= 0.3 is 6.18 Å². The molecule has 0 aromatic heterocycles. The van der Waals surface area contributed by atoms with E-state index in [1.54, 1.807) is 0 Å². The summed E-state index contributed by atoms with van der Waals surface area (Å²) in [6.45, 7) is 0. The number of carbonyl (C=O) groups is 1. The van der Waals surface area contributed by atoms with Crippen LogP contribution in [0.1, 0.15) is 23.2 Å². The molecule has 0 N–H and O–H groups in total. The number of hydrogen-bond acceptors (Lipinski definition) is 1. The molecule has 16 heavy (non-hydrogen) atoms. The second-order valence-electron chi connectivity index (χ2n) is 3.16. The molecule has 88 valence electrons. The lowest BCUT2D eigenvalue weighted by Gasteiger charge is -2.06. The van der Waals surface area contributed by atoms with E-state index < -0.39 is 30.6 Å². The van der Waals surface area contributed by atoms with Crippen molar-refractivity contribution >= 4 is 17.4 Å². The zero-order valence-electron chi connectivity index (χ0n) is 7.94. The van der Waals surface area contributed by atoms with Crippen LogP contribution in [0.2, 0.25) is 5.02 Å². The van der Waals surface area contributed by atoms with Gasteiger partial charge in [-0.1, -0.05) is 11.6 Å². The quantitative estimate of drug-likeness (QED) is 0.588. The second kappa shape index (κ2) is 4.82. The number of benzene rings is 1. The van der Waals surface area contributed by atoms with Gasteiger partial charge in [0, 0.05) is 12.0 Å². The predicted molar refractivity (Wildman–Crippen MR) is 51.0 cm³/mol. The van der Waals surface area contributed by atoms with Crippen molar-refractivity contribution in [1.29, 1.82) is 0 Å². The Labute approximate surface area is 94.0 Å². The standard InChI is InChI=1S/C10H7ClF4O/c11-8-2-1-6(12)5-7(8)9(16)3-4-10(13,14)15/h1-2,5H,3-4H2. The van der Waals surface area contributed by atoms with Crippen molar-refractivity contribution in [3.8, 4) is 0 Å². The van der Waals surface area contributed by atoms with E-state index in [1.165, 1.54) is 0 Å². The average molecular weight is 255 g/mol. The van der Waals surface area contributed by atoms with E-state index in [1.807, 2.05) is 0 Å². The van der Waals surface area contributed by atoms with Crippen LogP contribution in [-0.4, -0.2) is 12.0 Å². The van der Waals surface area contributed by atoms with Crippen molar-refractivity contribution in [3.63, 3.8) is 0 Å². The number of Topliss-reactive ketones (excluding diaryl/α,β-unsaturated/α-hetero) is 1. The molecule has 0 fully saturated rings. The number of alkyl halides is 3. The summed E-state index contributed by atoms with van der Waals surface area (Å²) in [7, 11) is 0. The zero-order valence-corrected chi connectivity index (χ0v) is 8.70. The molecule has 1 aromatic rings. The minimum absolute atomic E-state index is 0.0476. The molecule has 0 saturated carbocycles. The summed E-state index contributed by atoms with van der Waals surface area (Å²) in [4.78, 5) is 11.3. The topological polar surface area (TPSA) is 17.1 Å². The largest absolute Gasteiger partial charge is 0.389 e. The van der Waals surface area contributed by atoms with Crippen LogP contribution in [0.5, 0.6) is 0 Å². The minimum atomic E-state index is -4.41. The maximum Gasteiger partial charge on any atom is 0.389 e. The van der Waals surface area contributed by atoms with Crippen molar-refractivity contribution in [2.75, 3.05) is 0 Å². The molecule has 0 atom stereocenters. The Morgan fingerprint density at radius 3 is 2.50 bits per heavy atom. The summed E-state index contributed by atoms with van der Waals surface area (Å²) in [5, 5.41) is -0.0476. The first-order valence-corrected chi connectivity index (χ1v) is 4.72. The number of halogens is 5. The molecule has 0 spiro atoms. The van der Waals surface area contributed by atoms with Crippen LogP contribution < -0.4 is 0 Å². The van der Waals surface area contributed by atoms with Gasteiger partial charge < -0.3 is 0 Å². The summed E-state index contributed by atoms with van der Waals surface area (Å²) in [6, 6.07) is 3.00. The third-order valence-electron chi connectivity index (χ3n) is 1.86. The molecule has 1 nitrogen and oxygen atoms in total. The molecule has 0 radical (unpaired) electrons. The third-order valence-corrected chi connectivity index (χ3v) is 2.19. The molecule has 6 heteroatoms. The zero-order chi connectivity index (χ0) is 12.3. The first-order chi connectivity index (χ1) is 7.29. The van der Waals surface area contributed by atoms with Gasteiger partial charge in [0.25, 0.3) is 0 Å². The molecule has 0 aliphatic carbocycles. The maximum absolute atomic E-state index is 12.7. The molecule has 1 aromatic carbocycles. The van der Waals surface area contributed by atoms with Crippen LogP contribution in [0.4, 0.5) is 17.6 Å². The lowest BCUT2D eigenvalue weighted by atomic mass is 10.1. The fraction of sp³-hybridized carbons (Fsp3) is 0.300. The van der Waals surface area contributed by atoms with Gasteiger partial charge in [-0.15, -0.1) is 0 Å². The van der Waals surface area contributed by atoms with E-state index in [0.29, 0.717) is 0 Å². The molecule has 0 saturated heterocycles. The van der Waals surface area contributed by atoms with E-state index in [4.69, 9.17) is 11.6 Å². The Balaban J connectivity index is 2.77. The van der Waals surface area contributed by atoms with Crippen LogP contribution in [0, 0.1) is 5.82 Å². The Morgan fingerprint density at radius 1 is 1.31 bits per heavy atom. The Bertz CT molecular complexity index is 400. The molecule has 0 unspecified atom stereocenters. The highest BCUT2D eigenvalue weighted by Gasteiger charge is 2.28. The van der Waals surface area contributed by atoms with Crippen LogP contribution in [0.25, 0.3) is 0 Å². The number of rotatable bonds is 3. The molecular weight excluding hydrogens is 248 g/mol. The van der Waals surface area contributed by atoms with Gasteiger partial charge in [-0.05, 0) is 18.2 Å². The molecule has 1 rings (SSSR count). The van der Waals surface area contributed by atoms with E-state index >= 15 is 0 Å². The van der Waals surface area contributed by atoms with E-state index in [-0.39, 0.29) is 10.6 Å². The van der Waals surface area contributed by atoms with E-state index in [2.05, 4.69) is 0 Å². The van der Waals surface area contributed by atoms with Gasteiger partial charge in [-0.3, -0.25) is 4.79 Å². The van der Waals surface area contributed by atoms with E-state index in [0.717, 1.165) is 18.2 Å². The monoisotopic (exact) mass is 254 g/mol. The molecule has 0 aliphatic heterocycles. The number of carbonyl (C=O) groups excluding carboxylic acids is 1. The van der Waals surface area contributed by atoms with Gasteiger partial charge in [0.15, 0.2) is 5.78 Å². The van der Waals surface area contributed by atoms with Crippen LogP contribution in [0.15, 0.2) is 18.2 Å². The van der Waals surface area contributed by atoms with Crippen molar-refractivity contribution < 1.29 is 22.4 Å². The van der Waals surface area contributed by atoms with Crippen molar-refractivity contribution in [1.82, 2.24) is 0 Å². The first kappa shape index (κ1) is 13.0. The fourth-order valence-corrected chi connectivity index (χ4v) is 1.32. The summed E-state index contributed by atoms with van der Waals surface area (Å²) < 4.78 is 48.3. The summed E-state index contributed by atoms with van der Waals surface area (Å²) in [6.07, 6.45) is -6.37. The van der Waals surface area contributed by atoms with Crippen molar-refractivity contribution in [2.24, 2.45) is 0 Å². The van der Waals surface area contributed by atoms with Gasteiger partial charge in [-0.25, -0.2) is 4.39 Å². The van der Waals surface area contributed by atoms with Gasteiger partial charge in [0.1, 0.15) is 5.82 Å². The maximum atomic E-state index is 12.7. The van der Waals surface area contributed by atoms with Crippen LogP contribution in [0.3, 0.4) is 0 Å². The second-order valence-corrected chi connectivity index (χ2v) is 3.57. The molecular formula is C10H7ClF4O. The molecule has 0 bridgehead atoms. The smallest absolute Gasteiger partial charge is 0.294 e. The lowest BCUT2D eigenvalue weighted by molar-refractivity contribution is -0.133. The number of hydrogen-bond donors (Lipinski definition) is 0. The average Bonchev–Trinajstić information content (AvgIpc) is 2.17. The highest BCUT2D eigenvalue weighted by atomic mass is 35.5. The lowest BCUT2D eigenvalue weighted by Crippen LogP contribution is -2.11. The summed E-state index contributed by atoms with van der Waals surface area (Å²) in [5.41, 5.74) is -0.217. The van der Waals surface area contributed by atoms with Crippen molar-refractivity contribution in [2.45, 2.75) is 19.0 Å². The molecule has 0 amide bonds. The minimum Gasteiger partial charge on any atom is -0.294 e. The molecule has 0 aliphatic rings. The Morgan fingerprint density at radius 2 is 1.94 bits per heavy atom. The van der Waals surface area contributed by atoms with Gasteiger partial charge in [0.2, 0.25) is 0 Å². The number of ketones is 1. The highest BCUT2D eigenvalue weighted by Crippen LogP contribution is 2.25. The van der Waals surface area contributed by atoms with Crippen molar-refractivity contribution in [3.05, 3.63) is 34.6 Å². The molecule has 0 heterocycles. The summed E-state index contributed by atoms with van der Waals surface area (Å²) in [5.74, 6) is -1.53. The van der Waals surface area contributed by atoms with Crippen LogP contribution in [-0.2, 0) is 0 Å². The van der Waals surface area contributed by atoms with Gasteiger partial charge in [-0.2, -0.15) is 13.2 Å². The highest BCUT2D eigenvalue weighted by molar-refractivity contribution is 6.33. The predicted octanol–water partition coefficient (Wildman–Crippen LogP) is 4.00. The summed E-state index contributed by atoms with van der Waals surface area (Å²) >= 11 is 5.57. The normalized spacial score (nSPS) is 11.6. The van der Waals surface area contributed by atoms with Crippen LogP contribution >= 0.6 is 11.6 Å². The SMILES string of the molecule is O=C(CCC(F)(F)F)c1cc(F)ccc1Cl.